The molecule has 8 heteroatoms. The van der Waals surface area contributed by atoms with E-state index in [1.54, 1.807) is 30.3 Å². The largest absolute Gasteiger partial charge is 0.510 e. The topological polar surface area (TPSA) is 35.9 Å². The summed E-state index contributed by atoms with van der Waals surface area (Å²) in [5.41, 5.74) is -6.97. The van der Waals surface area contributed by atoms with Crippen LogP contribution in [0.2, 0.25) is 0 Å². The number of hydrogen-bond acceptors (Lipinski definition) is 2. The second kappa shape index (κ2) is 26.8. The molecule has 0 radical (unpaired) electrons. The second-order valence-corrected chi connectivity index (χ2v) is 28.5. The Morgan fingerprint density at radius 1 is 0.424 bits per heavy atom. The molecule has 5 nitrogen and oxygen atoms in total. The molecule has 0 aliphatic heterocycles. The molecular formula is C91H64N4OPtSi2-2. The van der Waals surface area contributed by atoms with E-state index in [1.165, 1.54) is 63.7 Å². The molecule has 3 aromatic heterocycles. The third-order valence-electron chi connectivity index (χ3n) is 16.3. The van der Waals surface area contributed by atoms with Gasteiger partial charge < -0.3 is 13.9 Å². The smallest absolute Gasteiger partial charge is 0.268 e. The van der Waals surface area contributed by atoms with E-state index >= 15 is 0 Å². The van der Waals surface area contributed by atoms with Crippen molar-refractivity contribution in [1.29, 1.82) is 0 Å². The Kier molecular flexibility index (Phi) is 7.91. The molecule has 0 unspecified atom stereocenters. The first-order valence-electron chi connectivity index (χ1n) is 53.0. The Morgan fingerprint density at radius 3 is 1.52 bits per heavy atom. The van der Waals surface area contributed by atoms with Gasteiger partial charge in [-0.3, -0.25) is 4.57 Å². The standard InChI is InChI=1S/C91H64N4OSi2.Pt/c1-66-58-90(92-64-84(66)68-34-12-3-13-35-68)95-85-53-27-26-52-81(85)82-57-56-73(63-88(82)95)96-72-38-31-37-71(62-72)93-65-94(87-55-29-28-54-86(87)93)91-83(69-36-30-51-80(59-69)97(74-39-14-4-15-40-74,75-41-16-5-17-42-75)76-43-18-6-19-44-76)60-70(67-32-10-2-11-33-67)61-89(91)98(77-45-20-7-21-46-77,78-47-22-8-23-48-78)79-49-24-9-25-50-79;/h2-61,64H,1H3;/q-2;/i1D3,2D,3D,4D,5D,6D,7D,8D,9D,10D,11D,12D,13D,14D,15D,16D,17D,18D,19D,20D,21D,22D,23D,24D,25D,30D,32D,33D,34D,35D,36D,39D,40D,41D,42D,43D,44D,45D,46D,47D,48D,49D,50D,51D,59D;. The van der Waals surface area contributed by atoms with E-state index in [-0.39, 0.29) is 66.2 Å². The van der Waals surface area contributed by atoms with Crippen molar-refractivity contribution in [3.63, 3.8) is 0 Å². The van der Waals surface area contributed by atoms with Crippen LogP contribution in [-0.4, -0.2) is 30.3 Å². The molecule has 0 saturated heterocycles. The van der Waals surface area contributed by atoms with Gasteiger partial charge in [0, 0.05) is 54.0 Å². The van der Waals surface area contributed by atoms with Crippen LogP contribution in [0, 0.1) is 25.3 Å². The van der Waals surface area contributed by atoms with Crippen molar-refractivity contribution < 1.29 is 94.8 Å². The maximum absolute atomic E-state index is 11.6. The summed E-state index contributed by atoms with van der Waals surface area (Å²) in [5.74, 6) is -0.440. The van der Waals surface area contributed by atoms with Gasteiger partial charge in [-0.05, 0) is 111 Å². The minimum absolute atomic E-state index is 0. The van der Waals surface area contributed by atoms with Gasteiger partial charge in [0.05, 0.1) is 77.0 Å². The van der Waals surface area contributed by atoms with Crippen molar-refractivity contribution in [3.8, 4) is 62.1 Å². The Hall–Kier alpha value is -11.6. The van der Waals surface area contributed by atoms with Gasteiger partial charge in [-0.25, -0.2) is 4.98 Å². The Balaban J connectivity index is 0.0000152. The van der Waals surface area contributed by atoms with Crippen molar-refractivity contribution in [3.05, 3.63) is 393 Å². The van der Waals surface area contributed by atoms with E-state index in [0.717, 1.165) is 22.9 Å². The zero-order valence-corrected chi connectivity index (χ0v) is 54.6. The molecule has 0 amide bonds. The van der Waals surface area contributed by atoms with Crippen LogP contribution in [-0.2, 0) is 21.1 Å². The van der Waals surface area contributed by atoms with Gasteiger partial charge >= 0.3 is 0 Å². The summed E-state index contributed by atoms with van der Waals surface area (Å²) in [5, 5.41) is -9.75. The van der Waals surface area contributed by atoms with Crippen LogP contribution < -0.4 is 50.8 Å². The number of aromatic nitrogens is 4. The first kappa shape index (κ1) is 29.2. The number of aryl methyl sites for hydroxylation is 1. The molecule has 0 aliphatic rings. The van der Waals surface area contributed by atoms with Gasteiger partial charge in [0.25, 0.3) is 6.33 Å². The first-order chi connectivity index (χ1) is 68.0. The van der Waals surface area contributed by atoms with Crippen LogP contribution >= 0.6 is 0 Å². The molecule has 0 N–H and O–H groups in total. The number of para-hydroxylation sites is 3. The van der Waals surface area contributed by atoms with Gasteiger partial charge in [-0.1, -0.05) is 320 Å². The predicted molar refractivity (Wildman–Crippen MR) is 408 cm³/mol. The number of benzene rings is 14. The number of rotatable bonds is 16. The fraction of sp³-hybridized carbons (Fsp3) is 0.0110. The molecule has 0 atom stereocenters. The molecule has 0 aliphatic carbocycles. The molecule has 3 heterocycles. The molecule has 17 rings (SSSR count). The zero-order chi connectivity index (χ0) is 106. The maximum Gasteiger partial charge on any atom is 0.268 e. The van der Waals surface area contributed by atoms with Crippen molar-refractivity contribution in [2.75, 3.05) is 0 Å². The zero-order valence-electron chi connectivity index (χ0n) is 97.3. The summed E-state index contributed by atoms with van der Waals surface area (Å²) in [6.45, 7) is -3.04. The minimum Gasteiger partial charge on any atom is -0.510 e. The number of imidazole rings is 1. The Bertz CT molecular complexity index is 8120. The number of fused-ring (bicyclic) bond motifs is 4. The summed E-state index contributed by atoms with van der Waals surface area (Å²) in [6.07, 6.45) is 4.22. The third-order valence-corrected chi connectivity index (χ3v) is 24.5. The van der Waals surface area contributed by atoms with Crippen molar-refractivity contribution in [2.24, 2.45) is 0 Å². The molecular weight excluding hydrogens is 1420 g/mol. The number of nitrogens with zero attached hydrogens (tertiary/aromatic N) is 4. The van der Waals surface area contributed by atoms with E-state index in [4.69, 9.17) is 21.2 Å². The van der Waals surface area contributed by atoms with E-state index in [0.29, 0.717) is 16.3 Å². The van der Waals surface area contributed by atoms with Crippen LogP contribution in [0.15, 0.2) is 369 Å². The van der Waals surface area contributed by atoms with Gasteiger partial charge in [0.15, 0.2) is 16.1 Å². The van der Waals surface area contributed by atoms with E-state index < -0.39 is 369 Å². The number of ether oxygens (including phenoxy) is 1. The monoisotopic (exact) mass is 1530 g/mol. The summed E-state index contributed by atoms with van der Waals surface area (Å²) in [7, 11) is -14.2. The molecule has 0 spiro atoms. The average molecular weight is 1530 g/mol. The normalized spacial score (nSPS) is 18.4. The Morgan fingerprint density at radius 2 is 0.929 bits per heavy atom. The summed E-state index contributed by atoms with van der Waals surface area (Å²) in [4.78, 5) is 4.65. The molecule has 14 aromatic carbocycles. The fourth-order valence-corrected chi connectivity index (χ4v) is 19.8. The number of pyridine rings is 1. The van der Waals surface area contributed by atoms with Crippen LogP contribution in [0.5, 0.6) is 11.5 Å². The second-order valence-electron chi connectivity index (χ2n) is 21.5. The molecule has 99 heavy (non-hydrogen) atoms. The number of hydrogen-bond donors (Lipinski definition) is 0. The quantitative estimate of drug-likeness (QED) is 0.0418. The third kappa shape index (κ3) is 11.0. The molecule has 0 saturated carbocycles. The van der Waals surface area contributed by atoms with E-state index in [1.807, 2.05) is 0 Å². The van der Waals surface area contributed by atoms with Crippen LogP contribution in [0.1, 0.15) is 70.0 Å². The van der Waals surface area contributed by atoms with Gasteiger partial charge in [-0.2, -0.15) is 18.2 Å². The van der Waals surface area contributed by atoms with Crippen LogP contribution in [0.25, 0.3) is 83.4 Å². The van der Waals surface area contributed by atoms with E-state index in [2.05, 4.69) is 23.4 Å². The SMILES string of the molecule is [2H]c1c([2H])c([2H])c(-c2cc(-c3c([2H])c([2H])c([2H])c([Si](c4c([2H])c([2H])c([2H])c([2H])c4[2H])(c4c([2H])c([2H])c([2H])c([2H])c4[2H])c4c([2H])c([2H])c([2H])c([2H])c4[2H])c3[2H])c(-[n+]3[c-]n(-c4[c-]c(Oc5[c-]c6c(cc5)c5ccccc5n6-c5cc(C([2H])([2H])[2H])c(-c6c([2H])c([2H])c([2H])c([2H])c6[2H])cn5)ccc4)c4ccccc43)c([Si](c3c([2H])c([2H])c([2H])c([2H])c3[2H])(c3c([2H])c([2H])c([2H])c([2H])c3[2H])c3c([2H])c([2H])c([2H])c([2H])c3[2H])c2)c([2H])c1[2H].[Pt]. The van der Waals surface area contributed by atoms with E-state index in [9.17, 15) is 48.0 Å². The van der Waals surface area contributed by atoms with Gasteiger partial charge in [-0.15, -0.1) is 29.7 Å². The predicted octanol–water partition coefficient (Wildman–Crippen LogP) is 15.7. The summed E-state index contributed by atoms with van der Waals surface area (Å²) in [6, 6.07) is -29.4. The van der Waals surface area contributed by atoms with Gasteiger partial charge in [0.1, 0.15) is 5.82 Å². The van der Waals surface area contributed by atoms with Crippen LogP contribution in [0.3, 0.4) is 0 Å². The van der Waals surface area contributed by atoms with Crippen LogP contribution in [0.4, 0.5) is 0 Å². The first-order valence-corrected chi connectivity index (χ1v) is 33.5. The fourth-order valence-electron chi connectivity index (χ4n) is 12.2. The van der Waals surface area contributed by atoms with Crippen molar-refractivity contribution in [1.82, 2.24) is 14.1 Å². The molecule has 0 bridgehead atoms. The van der Waals surface area contributed by atoms with Crippen molar-refractivity contribution >= 4 is 90.5 Å². The molecule has 474 valence electrons. The molecule has 17 aromatic rings. The maximum atomic E-state index is 11.6. The Labute approximate surface area is 659 Å². The van der Waals surface area contributed by atoms with Gasteiger partial charge in [0.2, 0.25) is 0 Å². The van der Waals surface area contributed by atoms with Crippen molar-refractivity contribution in [2.45, 2.75) is 6.85 Å². The minimum atomic E-state index is -7.14. The average Bonchev–Trinajstić information content (AvgIpc) is 0.804. The summed E-state index contributed by atoms with van der Waals surface area (Å²) < 4.78 is 463. The summed E-state index contributed by atoms with van der Waals surface area (Å²) >= 11 is 0. The molecule has 0 fully saturated rings.